The van der Waals surface area contributed by atoms with Gasteiger partial charge in [0.05, 0.1) is 31.4 Å². The van der Waals surface area contributed by atoms with Gasteiger partial charge in [-0.25, -0.2) is 0 Å². The van der Waals surface area contributed by atoms with Gasteiger partial charge in [0.25, 0.3) is 5.91 Å². The van der Waals surface area contributed by atoms with Crippen molar-refractivity contribution in [3.63, 3.8) is 0 Å². The Morgan fingerprint density at radius 2 is 1.74 bits per heavy atom. The van der Waals surface area contributed by atoms with E-state index in [1.165, 1.54) is 26.4 Å². The van der Waals surface area contributed by atoms with Crippen LogP contribution >= 0.6 is 0 Å². The summed E-state index contributed by atoms with van der Waals surface area (Å²) >= 11 is 0. The summed E-state index contributed by atoms with van der Waals surface area (Å²) in [6.45, 7) is 1.56. The number of hydrogen-bond acceptors (Lipinski definition) is 6. The van der Waals surface area contributed by atoms with Crippen molar-refractivity contribution < 1.29 is 24.0 Å². The average Bonchev–Trinajstić information content (AvgIpc) is 2.65. The molecule has 2 aromatic rings. The highest BCUT2D eigenvalue weighted by atomic mass is 16.6. The van der Waals surface area contributed by atoms with Crippen molar-refractivity contribution in [2.75, 3.05) is 26.1 Å². The van der Waals surface area contributed by atoms with Gasteiger partial charge < -0.3 is 20.1 Å². The van der Waals surface area contributed by atoms with Crippen molar-refractivity contribution in [2.24, 2.45) is 0 Å². The Kier molecular flexibility index (Phi) is 6.32. The summed E-state index contributed by atoms with van der Waals surface area (Å²) in [5.74, 6) is -0.547. The zero-order valence-corrected chi connectivity index (χ0v) is 15.1. The van der Waals surface area contributed by atoms with Crippen LogP contribution in [0, 0.1) is 17.0 Å². The first kappa shape index (κ1) is 19.7. The second kappa shape index (κ2) is 8.65. The summed E-state index contributed by atoms with van der Waals surface area (Å²) in [5.41, 5.74) is 1.13. The predicted molar refractivity (Wildman–Crippen MR) is 98.3 cm³/mol. The van der Waals surface area contributed by atoms with E-state index in [0.717, 1.165) is 11.6 Å². The number of aryl methyl sites for hydroxylation is 1. The van der Waals surface area contributed by atoms with Gasteiger partial charge in [-0.05, 0) is 36.8 Å². The molecule has 9 nitrogen and oxygen atoms in total. The van der Waals surface area contributed by atoms with E-state index in [4.69, 9.17) is 9.47 Å². The Labute approximate surface area is 155 Å². The second-order valence-electron chi connectivity index (χ2n) is 5.58. The SMILES string of the molecule is COc1ccc(C)cc1NC(=O)CNC(=O)c1ccc(OC)c([N+](=O)[O-])c1. The zero-order chi connectivity index (χ0) is 20.0. The van der Waals surface area contributed by atoms with Gasteiger partial charge in [0.15, 0.2) is 5.75 Å². The number of ether oxygens (including phenoxy) is 2. The van der Waals surface area contributed by atoms with E-state index in [1.807, 2.05) is 13.0 Å². The largest absolute Gasteiger partial charge is 0.495 e. The zero-order valence-electron chi connectivity index (χ0n) is 15.1. The van der Waals surface area contributed by atoms with Crippen molar-refractivity contribution in [1.82, 2.24) is 5.32 Å². The molecule has 0 aliphatic heterocycles. The molecule has 0 atom stereocenters. The number of hydrogen-bond donors (Lipinski definition) is 2. The van der Waals surface area contributed by atoms with Crippen molar-refractivity contribution in [3.8, 4) is 11.5 Å². The molecule has 0 radical (unpaired) electrons. The Hall–Kier alpha value is -3.62. The molecule has 142 valence electrons. The molecule has 0 saturated heterocycles. The minimum Gasteiger partial charge on any atom is -0.495 e. The summed E-state index contributed by atoms with van der Waals surface area (Å²) in [5, 5.41) is 16.1. The molecule has 0 bridgehead atoms. The van der Waals surface area contributed by atoms with Crippen molar-refractivity contribution >= 4 is 23.2 Å². The van der Waals surface area contributed by atoms with Crippen LogP contribution in [0.5, 0.6) is 11.5 Å². The molecule has 9 heteroatoms. The molecule has 0 unspecified atom stereocenters. The third-order valence-electron chi connectivity index (χ3n) is 3.68. The van der Waals surface area contributed by atoms with E-state index >= 15 is 0 Å². The molecule has 0 heterocycles. The Bertz CT molecular complexity index is 881. The smallest absolute Gasteiger partial charge is 0.311 e. The molecule has 2 aromatic carbocycles. The summed E-state index contributed by atoms with van der Waals surface area (Å²) in [6.07, 6.45) is 0. The molecule has 0 spiro atoms. The normalized spacial score (nSPS) is 10.0. The quantitative estimate of drug-likeness (QED) is 0.567. The van der Waals surface area contributed by atoms with Gasteiger partial charge in [-0.1, -0.05) is 6.07 Å². The van der Waals surface area contributed by atoms with Crippen LogP contribution in [0.3, 0.4) is 0 Å². The number of carbonyl (C=O) groups is 2. The molecule has 0 aliphatic rings. The van der Waals surface area contributed by atoms with Crippen molar-refractivity contribution in [2.45, 2.75) is 6.92 Å². The number of nitrogens with one attached hydrogen (secondary N) is 2. The molecule has 0 aromatic heterocycles. The van der Waals surface area contributed by atoms with Crippen LogP contribution in [0.4, 0.5) is 11.4 Å². The number of anilines is 1. The fourth-order valence-electron chi connectivity index (χ4n) is 2.35. The lowest BCUT2D eigenvalue weighted by molar-refractivity contribution is -0.385. The van der Waals surface area contributed by atoms with Crippen LogP contribution in [0.25, 0.3) is 0 Å². The fourth-order valence-corrected chi connectivity index (χ4v) is 2.35. The van der Waals surface area contributed by atoms with Gasteiger partial charge in [0.2, 0.25) is 5.91 Å². The van der Waals surface area contributed by atoms with Gasteiger partial charge in [-0.3, -0.25) is 19.7 Å². The molecular formula is C18H19N3O6. The molecule has 0 saturated carbocycles. The van der Waals surface area contributed by atoms with E-state index in [9.17, 15) is 19.7 Å². The number of carbonyl (C=O) groups excluding carboxylic acids is 2. The molecule has 0 fully saturated rings. The topological polar surface area (TPSA) is 120 Å². The Morgan fingerprint density at radius 3 is 2.37 bits per heavy atom. The van der Waals surface area contributed by atoms with Gasteiger partial charge in [0, 0.05) is 11.6 Å². The molecule has 2 amide bonds. The maximum atomic E-state index is 12.2. The highest BCUT2D eigenvalue weighted by Crippen LogP contribution is 2.27. The number of rotatable bonds is 7. The summed E-state index contributed by atoms with van der Waals surface area (Å²) < 4.78 is 10.1. The minimum atomic E-state index is -0.646. The molecule has 27 heavy (non-hydrogen) atoms. The van der Waals surface area contributed by atoms with E-state index < -0.39 is 16.7 Å². The number of nitro groups is 1. The second-order valence-corrected chi connectivity index (χ2v) is 5.58. The third-order valence-corrected chi connectivity index (χ3v) is 3.68. The van der Waals surface area contributed by atoms with Crippen LogP contribution < -0.4 is 20.1 Å². The maximum absolute atomic E-state index is 12.2. The highest BCUT2D eigenvalue weighted by molar-refractivity contribution is 6.00. The van der Waals surface area contributed by atoms with Crippen molar-refractivity contribution in [1.29, 1.82) is 0 Å². The number of methoxy groups -OCH3 is 2. The van der Waals surface area contributed by atoms with E-state index in [2.05, 4.69) is 10.6 Å². The third kappa shape index (κ3) is 4.94. The Balaban J connectivity index is 2.03. The first-order valence-electron chi connectivity index (χ1n) is 7.90. The monoisotopic (exact) mass is 373 g/mol. The van der Waals surface area contributed by atoms with Crippen LogP contribution in [0.1, 0.15) is 15.9 Å². The predicted octanol–water partition coefficient (Wildman–Crippen LogP) is 2.29. The summed E-state index contributed by atoms with van der Waals surface area (Å²) in [7, 11) is 2.78. The minimum absolute atomic E-state index is 0.0424. The molecule has 2 rings (SSSR count). The van der Waals surface area contributed by atoms with Crippen molar-refractivity contribution in [3.05, 3.63) is 57.6 Å². The lowest BCUT2D eigenvalue weighted by atomic mass is 10.1. The fraction of sp³-hybridized carbons (Fsp3) is 0.222. The average molecular weight is 373 g/mol. The van der Waals surface area contributed by atoms with Crippen LogP contribution in [-0.2, 0) is 4.79 Å². The van der Waals surface area contributed by atoms with E-state index in [1.54, 1.807) is 12.1 Å². The van der Waals surface area contributed by atoms with Crippen LogP contribution in [0.2, 0.25) is 0 Å². The first-order valence-corrected chi connectivity index (χ1v) is 7.90. The summed E-state index contributed by atoms with van der Waals surface area (Å²) in [6, 6.07) is 9.10. The maximum Gasteiger partial charge on any atom is 0.311 e. The lowest BCUT2D eigenvalue weighted by Crippen LogP contribution is -2.33. The van der Waals surface area contributed by atoms with Gasteiger partial charge >= 0.3 is 5.69 Å². The lowest BCUT2D eigenvalue weighted by Gasteiger charge is -2.11. The molecular weight excluding hydrogens is 354 g/mol. The van der Waals surface area contributed by atoms with E-state index in [0.29, 0.717) is 11.4 Å². The number of nitrogens with zero attached hydrogens (tertiary/aromatic N) is 1. The van der Waals surface area contributed by atoms with Gasteiger partial charge in [0.1, 0.15) is 5.75 Å². The number of amides is 2. The summed E-state index contributed by atoms with van der Waals surface area (Å²) in [4.78, 5) is 34.7. The van der Waals surface area contributed by atoms with Crippen LogP contribution in [0.15, 0.2) is 36.4 Å². The number of nitro benzene ring substituents is 1. The van der Waals surface area contributed by atoms with E-state index in [-0.39, 0.29) is 23.5 Å². The molecule has 2 N–H and O–H groups in total. The number of benzene rings is 2. The standard InChI is InChI=1S/C18H19N3O6/c1-11-4-6-15(26-2)13(8-11)20-17(22)10-19-18(23)12-5-7-16(27-3)14(9-12)21(24)25/h4-9H,10H2,1-3H3,(H,19,23)(H,20,22). The molecule has 0 aliphatic carbocycles. The highest BCUT2D eigenvalue weighted by Gasteiger charge is 2.18. The van der Waals surface area contributed by atoms with Gasteiger partial charge in [-0.2, -0.15) is 0 Å². The Morgan fingerprint density at radius 1 is 1.07 bits per heavy atom. The first-order chi connectivity index (χ1) is 12.8. The van der Waals surface area contributed by atoms with Gasteiger partial charge in [-0.15, -0.1) is 0 Å². The van der Waals surface area contributed by atoms with Crippen LogP contribution in [-0.4, -0.2) is 37.5 Å².